The zero-order valence-corrected chi connectivity index (χ0v) is 12.6. The van der Waals surface area contributed by atoms with Crippen molar-refractivity contribution in [1.82, 2.24) is 15.5 Å². The van der Waals surface area contributed by atoms with Crippen LogP contribution in [0.1, 0.15) is 28.8 Å². The summed E-state index contributed by atoms with van der Waals surface area (Å²) in [5.41, 5.74) is 5.40. The molecular formula is C15H18BrN3. The van der Waals surface area contributed by atoms with Gasteiger partial charge in [-0.2, -0.15) is 5.10 Å². The van der Waals surface area contributed by atoms with E-state index >= 15 is 0 Å². The molecule has 0 spiro atoms. The number of hydrogen-bond donors (Lipinski definition) is 2. The standard InChI is InChI=1S/C15H18BrN3/c1-10-13(9-18-19-10)8-17-15-5-3-11-6-14(16)4-2-12(11)7-15/h2,4,6,9,15,17H,3,5,7-8H2,1H3,(H,18,19). The number of hydrogen-bond acceptors (Lipinski definition) is 2. The lowest BCUT2D eigenvalue weighted by molar-refractivity contribution is 0.457. The summed E-state index contributed by atoms with van der Waals surface area (Å²) >= 11 is 3.54. The van der Waals surface area contributed by atoms with E-state index in [2.05, 4.69) is 56.6 Å². The lowest BCUT2D eigenvalue weighted by Gasteiger charge is -2.25. The third-order valence-corrected chi connectivity index (χ3v) is 4.41. The lowest BCUT2D eigenvalue weighted by atomic mass is 9.88. The number of H-pyrrole nitrogens is 1. The first-order valence-electron chi connectivity index (χ1n) is 6.72. The fraction of sp³-hybridized carbons (Fsp3) is 0.400. The van der Waals surface area contributed by atoms with Crippen LogP contribution in [0, 0.1) is 6.92 Å². The predicted octanol–water partition coefficient (Wildman–Crippen LogP) is 3.13. The molecule has 100 valence electrons. The summed E-state index contributed by atoms with van der Waals surface area (Å²) < 4.78 is 1.19. The molecule has 1 aromatic carbocycles. The molecule has 3 rings (SSSR count). The van der Waals surface area contributed by atoms with Crippen LogP contribution in [0.15, 0.2) is 28.9 Å². The molecule has 1 aliphatic rings. The van der Waals surface area contributed by atoms with Crippen molar-refractivity contribution >= 4 is 15.9 Å². The van der Waals surface area contributed by atoms with E-state index in [1.165, 1.54) is 27.6 Å². The van der Waals surface area contributed by atoms with E-state index < -0.39 is 0 Å². The second kappa shape index (κ2) is 5.47. The van der Waals surface area contributed by atoms with Crippen LogP contribution in [0.25, 0.3) is 0 Å². The fourth-order valence-corrected chi connectivity index (χ4v) is 3.11. The maximum Gasteiger partial charge on any atom is 0.0535 e. The van der Waals surface area contributed by atoms with E-state index in [1.54, 1.807) is 0 Å². The Labute approximate surface area is 121 Å². The summed E-state index contributed by atoms with van der Waals surface area (Å²) in [5.74, 6) is 0. The molecule has 0 fully saturated rings. The number of aromatic amines is 1. The number of aromatic nitrogens is 2. The van der Waals surface area contributed by atoms with Gasteiger partial charge in [-0.25, -0.2) is 0 Å². The van der Waals surface area contributed by atoms with Crippen LogP contribution in [0.5, 0.6) is 0 Å². The number of rotatable bonds is 3. The van der Waals surface area contributed by atoms with Gasteiger partial charge in [-0.1, -0.05) is 22.0 Å². The second-order valence-corrected chi connectivity index (χ2v) is 6.17. The minimum absolute atomic E-state index is 0.572. The Hall–Kier alpha value is -1.13. The van der Waals surface area contributed by atoms with Crippen molar-refractivity contribution < 1.29 is 0 Å². The van der Waals surface area contributed by atoms with E-state index in [0.717, 1.165) is 25.1 Å². The normalized spacial score (nSPS) is 18.3. The van der Waals surface area contributed by atoms with Crippen LogP contribution in [0.2, 0.25) is 0 Å². The molecule has 0 saturated heterocycles. The highest BCUT2D eigenvalue weighted by Crippen LogP contribution is 2.25. The van der Waals surface area contributed by atoms with Gasteiger partial charge in [0.1, 0.15) is 0 Å². The molecule has 0 aliphatic heterocycles. The summed E-state index contributed by atoms with van der Waals surface area (Å²) in [5, 5.41) is 10.7. The fourth-order valence-electron chi connectivity index (χ4n) is 2.71. The molecule has 0 saturated carbocycles. The molecule has 0 bridgehead atoms. The van der Waals surface area contributed by atoms with Gasteiger partial charge in [0.25, 0.3) is 0 Å². The highest BCUT2D eigenvalue weighted by molar-refractivity contribution is 9.10. The van der Waals surface area contributed by atoms with Crippen molar-refractivity contribution in [1.29, 1.82) is 0 Å². The maximum atomic E-state index is 4.06. The van der Waals surface area contributed by atoms with Gasteiger partial charge in [-0.15, -0.1) is 0 Å². The minimum Gasteiger partial charge on any atom is -0.309 e. The average molecular weight is 320 g/mol. The van der Waals surface area contributed by atoms with Gasteiger partial charge in [0.15, 0.2) is 0 Å². The molecule has 1 heterocycles. The molecule has 1 aliphatic carbocycles. The first kappa shape index (κ1) is 12.9. The Morgan fingerprint density at radius 1 is 1.42 bits per heavy atom. The molecule has 0 amide bonds. The first-order valence-corrected chi connectivity index (χ1v) is 7.51. The van der Waals surface area contributed by atoms with Crippen molar-refractivity contribution in [2.75, 3.05) is 0 Å². The van der Waals surface area contributed by atoms with Crippen LogP contribution in [-0.4, -0.2) is 16.2 Å². The number of nitrogens with zero attached hydrogens (tertiary/aromatic N) is 1. The molecule has 2 aromatic rings. The largest absolute Gasteiger partial charge is 0.309 e. The number of aryl methyl sites for hydroxylation is 2. The van der Waals surface area contributed by atoms with Gasteiger partial charge in [0.05, 0.1) is 6.20 Å². The van der Waals surface area contributed by atoms with E-state index in [4.69, 9.17) is 0 Å². The van der Waals surface area contributed by atoms with Gasteiger partial charge in [-0.3, -0.25) is 5.10 Å². The Bertz CT molecular complexity index is 577. The van der Waals surface area contributed by atoms with Crippen LogP contribution in [0.4, 0.5) is 0 Å². The highest BCUT2D eigenvalue weighted by Gasteiger charge is 2.18. The van der Waals surface area contributed by atoms with Crippen molar-refractivity contribution in [2.45, 2.75) is 38.8 Å². The Morgan fingerprint density at radius 2 is 2.32 bits per heavy atom. The molecule has 3 nitrogen and oxygen atoms in total. The quantitative estimate of drug-likeness (QED) is 0.912. The highest BCUT2D eigenvalue weighted by atomic mass is 79.9. The number of nitrogens with one attached hydrogen (secondary N) is 2. The summed E-state index contributed by atoms with van der Waals surface area (Å²) in [4.78, 5) is 0. The summed E-state index contributed by atoms with van der Waals surface area (Å²) in [6.07, 6.45) is 5.41. The minimum atomic E-state index is 0.572. The van der Waals surface area contributed by atoms with Gasteiger partial charge in [0, 0.05) is 28.3 Å². The van der Waals surface area contributed by atoms with Crippen molar-refractivity contribution in [3.63, 3.8) is 0 Å². The van der Waals surface area contributed by atoms with Gasteiger partial charge < -0.3 is 5.32 Å². The predicted molar refractivity (Wildman–Crippen MR) is 80.1 cm³/mol. The van der Waals surface area contributed by atoms with Gasteiger partial charge in [-0.05, 0) is 49.4 Å². The van der Waals surface area contributed by atoms with E-state index in [0.29, 0.717) is 6.04 Å². The molecule has 4 heteroatoms. The molecule has 2 N–H and O–H groups in total. The van der Waals surface area contributed by atoms with Crippen molar-refractivity contribution in [3.05, 3.63) is 51.3 Å². The molecule has 1 atom stereocenters. The summed E-state index contributed by atoms with van der Waals surface area (Å²) in [6.45, 7) is 2.97. The zero-order chi connectivity index (χ0) is 13.2. The lowest BCUT2D eigenvalue weighted by Crippen LogP contribution is -2.34. The van der Waals surface area contributed by atoms with Crippen molar-refractivity contribution in [2.24, 2.45) is 0 Å². The third-order valence-electron chi connectivity index (χ3n) is 3.91. The summed E-state index contributed by atoms with van der Waals surface area (Å²) in [7, 11) is 0. The smallest absolute Gasteiger partial charge is 0.0535 e. The van der Waals surface area contributed by atoms with Crippen molar-refractivity contribution in [3.8, 4) is 0 Å². The van der Waals surface area contributed by atoms with E-state index in [-0.39, 0.29) is 0 Å². The second-order valence-electron chi connectivity index (χ2n) is 5.25. The van der Waals surface area contributed by atoms with Crippen LogP contribution in [0.3, 0.4) is 0 Å². The zero-order valence-electron chi connectivity index (χ0n) is 11.0. The van der Waals surface area contributed by atoms with E-state index in [9.17, 15) is 0 Å². The number of benzene rings is 1. The number of halogens is 1. The monoisotopic (exact) mass is 319 g/mol. The number of fused-ring (bicyclic) bond motifs is 1. The Kier molecular flexibility index (Phi) is 3.71. The average Bonchev–Trinajstić information content (AvgIpc) is 2.82. The Balaban J connectivity index is 1.63. The van der Waals surface area contributed by atoms with Gasteiger partial charge >= 0.3 is 0 Å². The molecule has 1 unspecified atom stereocenters. The molecule has 0 radical (unpaired) electrons. The molecule has 1 aromatic heterocycles. The topological polar surface area (TPSA) is 40.7 Å². The van der Waals surface area contributed by atoms with Crippen LogP contribution < -0.4 is 5.32 Å². The third kappa shape index (κ3) is 2.90. The van der Waals surface area contributed by atoms with Gasteiger partial charge in [0.2, 0.25) is 0 Å². The van der Waals surface area contributed by atoms with Crippen LogP contribution in [-0.2, 0) is 19.4 Å². The first-order chi connectivity index (χ1) is 9.22. The Morgan fingerprint density at radius 3 is 3.11 bits per heavy atom. The maximum absolute atomic E-state index is 4.06. The molecule has 19 heavy (non-hydrogen) atoms. The molecular weight excluding hydrogens is 302 g/mol. The SMILES string of the molecule is Cc1[nH]ncc1CNC1CCc2cc(Br)ccc2C1. The summed E-state index contributed by atoms with van der Waals surface area (Å²) in [6, 6.07) is 7.21. The van der Waals surface area contributed by atoms with Crippen LogP contribution >= 0.6 is 15.9 Å². The van der Waals surface area contributed by atoms with E-state index in [1.807, 2.05) is 6.20 Å².